The van der Waals surface area contributed by atoms with Gasteiger partial charge < -0.3 is 4.57 Å². The number of fused-ring (bicyclic) bond motifs is 1. The molecule has 0 aliphatic rings. The predicted molar refractivity (Wildman–Crippen MR) is 71.4 cm³/mol. The van der Waals surface area contributed by atoms with Crippen LogP contribution in [0.15, 0.2) is 60.9 Å². The zero-order valence-corrected chi connectivity index (χ0v) is 9.32. The molecule has 3 rings (SSSR count). The summed E-state index contributed by atoms with van der Waals surface area (Å²) in [5.41, 5.74) is 3.33. The number of nitrogens with zero attached hydrogens (tertiary/aromatic N) is 2. The van der Waals surface area contributed by atoms with Crippen LogP contribution >= 0.6 is 0 Å². The first-order valence-electron chi connectivity index (χ1n) is 5.58. The second kappa shape index (κ2) is 4.26. The Hall–Kier alpha value is -2.35. The van der Waals surface area contributed by atoms with Crippen molar-refractivity contribution < 1.29 is 0 Å². The van der Waals surface area contributed by atoms with Gasteiger partial charge in [-0.3, -0.25) is 0 Å². The monoisotopic (exact) mass is 220 g/mol. The summed E-state index contributed by atoms with van der Waals surface area (Å²) < 4.78 is 2.03. The number of benzene rings is 2. The molecule has 0 saturated heterocycles. The summed E-state index contributed by atoms with van der Waals surface area (Å²) in [4.78, 5) is 4.34. The van der Waals surface area contributed by atoms with Crippen molar-refractivity contribution >= 4 is 23.3 Å². The first kappa shape index (κ1) is 9.85. The molecule has 2 aromatic carbocycles. The van der Waals surface area contributed by atoms with Crippen molar-refractivity contribution in [1.29, 1.82) is 0 Å². The summed E-state index contributed by atoms with van der Waals surface area (Å²) in [7, 11) is 0. The Morgan fingerprint density at radius 1 is 0.882 bits per heavy atom. The molecule has 3 aromatic rings. The van der Waals surface area contributed by atoms with Crippen molar-refractivity contribution in [2.24, 2.45) is 0 Å². The molecule has 1 aromatic heterocycles. The van der Waals surface area contributed by atoms with Gasteiger partial charge in [-0.1, -0.05) is 42.5 Å². The van der Waals surface area contributed by atoms with Crippen molar-refractivity contribution in [3.8, 4) is 0 Å². The van der Waals surface area contributed by atoms with Gasteiger partial charge in [-0.05, 0) is 23.8 Å². The minimum Gasteiger partial charge on any atom is -0.306 e. The largest absolute Gasteiger partial charge is 0.306 e. The van der Waals surface area contributed by atoms with Gasteiger partial charge >= 0.3 is 0 Å². The zero-order chi connectivity index (χ0) is 11.5. The molecule has 0 N–H and O–H groups in total. The Balaban J connectivity index is 1.98. The lowest BCUT2D eigenvalue weighted by Gasteiger charge is -1.96. The van der Waals surface area contributed by atoms with Gasteiger partial charge in [0.05, 0.1) is 17.4 Å². The highest BCUT2D eigenvalue weighted by molar-refractivity contribution is 5.78. The molecule has 2 nitrogen and oxygen atoms in total. The molecule has 2 heteroatoms. The molecule has 1 heterocycles. The molecule has 0 aliphatic heterocycles. The fourth-order valence-electron chi connectivity index (χ4n) is 1.83. The lowest BCUT2D eigenvalue weighted by atomic mass is 10.2. The number of imidazole rings is 1. The highest BCUT2D eigenvalue weighted by Crippen LogP contribution is 2.13. The van der Waals surface area contributed by atoms with Crippen molar-refractivity contribution in [3.05, 3.63) is 66.5 Å². The van der Waals surface area contributed by atoms with Gasteiger partial charge in [0.2, 0.25) is 0 Å². The van der Waals surface area contributed by atoms with E-state index in [2.05, 4.69) is 29.3 Å². The minimum atomic E-state index is 1.02. The van der Waals surface area contributed by atoms with Gasteiger partial charge in [0.1, 0.15) is 0 Å². The van der Waals surface area contributed by atoms with Crippen LogP contribution in [0.5, 0.6) is 0 Å². The Kier molecular flexibility index (Phi) is 2.47. The van der Waals surface area contributed by atoms with E-state index in [0.29, 0.717) is 0 Å². The van der Waals surface area contributed by atoms with E-state index in [1.807, 2.05) is 53.5 Å². The van der Waals surface area contributed by atoms with Gasteiger partial charge in [-0.15, -0.1) is 0 Å². The average molecular weight is 220 g/mol. The zero-order valence-electron chi connectivity index (χ0n) is 9.32. The first-order chi connectivity index (χ1) is 8.43. The van der Waals surface area contributed by atoms with Crippen LogP contribution in [-0.2, 0) is 0 Å². The molecule has 0 fully saturated rings. The maximum Gasteiger partial charge on any atom is 0.0999 e. The molecule has 0 spiro atoms. The molecular formula is C15H12N2. The van der Waals surface area contributed by atoms with Crippen molar-refractivity contribution in [2.45, 2.75) is 0 Å². The average Bonchev–Trinajstić information content (AvgIpc) is 2.81. The topological polar surface area (TPSA) is 17.8 Å². The molecule has 17 heavy (non-hydrogen) atoms. The fourth-order valence-corrected chi connectivity index (χ4v) is 1.83. The lowest BCUT2D eigenvalue weighted by molar-refractivity contribution is 1.18. The van der Waals surface area contributed by atoms with Crippen LogP contribution in [-0.4, -0.2) is 9.55 Å². The molecule has 82 valence electrons. The second-order valence-electron chi connectivity index (χ2n) is 3.87. The van der Waals surface area contributed by atoms with Gasteiger partial charge in [-0.25, -0.2) is 4.98 Å². The van der Waals surface area contributed by atoms with E-state index in [4.69, 9.17) is 0 Å². The quantitative estimate of drug-likeness (QED) is 0.644. The molecular weight excluding hydrogens is 208 g/mol. The van der Waals surface area contributed by atoms with Crippen LogP contribution in [0.3, 0.4) is 0 Å². The summed E-state index contributed by atoms with van der Waals surface area (Å²) in [6.07, 6.45) is 5.95. The Labute approximate surface area is 99.8 Å². The number of hydrogen-bond acceptors (Lipinski definition) is 1. The summed E-state index contributed by atoms with van der Waals surface area (Å²) in [6, 6.07) is 18.4. The van der Waals surface area contributed by atoms with E-state index in [9.17, 15) is 0 Å². The molecule has 0 saturated carbocycles. The standard InChI is InChI=1S/C15H12N2/c1-2-6-13(7-3-1)10-11-17-12-16-14-8-4-5-9-15(14)17/h1-12H. The van der Waals surface area contributed by atoms with Crippen LogP contribution in [0.1, 0.15) is 5.56 Å². The highest BCUT2D eigenvalue weighted by atomic mass is 15.0. The third kappa shape index (κ3) is 1.97. The van der Waals surface area contributed by atoms with Crippen molar-refractivity contribution in [3.63, 3.8) is 0 Å². The predicted octanol–water partition coefficient (Wildman–Crippen LogP) is 3.66. The maximum absolute atomic E-state index is 4.34. The second-order valence-corrected chi connectivity index (χ2v) is 3.87. The lowest BCUT2D eigenvalue weighted by Crippen LogP contribution is -1.82. The van der Waals surface area contributed by atoms with E-state index in [0.717, 1.165) is 11.0 Å². The van der Waals surface area contributed by atoms with Crippen LogP contribution in [0.25, 0.3) is 23.3 Å². The minimum absolute atomic E-state index is 1.02. The number of rotatable bonds is 2. The van der Waals surface area contributed by atoms with E-state index >= 15 is 0 Å². The van der Waals surface area contributed by atoms with Crippen LogP contribution in [0, 0.1) is 0 Å². The Morgan fingerprint density at radius 3 is 2.53 bits per heavy atom. The van der Waals surface area contributed by atoms with Gasteiger partial charge in [-0.2, -0.15) is 0 Å². The fraction of sp³-hybridized carbons (Fsp3) is 0. The molecule has 0 atom stereocenters. The normalized spacial score (nSPS) is 11.3. The molecule has 0 radical (unpaired) electrons. The highest BCUT2D eigenvalue weighted by Gasteiger charge is 1.97. The Bertz CT molecular complexity index is 651. The number of hydrogen-bond donors (Lipinski definition) is 0. The van der Waals surface area contributed by atoms with E-state index in [1.54, 1.807) is 0 Å². The van der Waals surface area contributed by atoms with Gasteiger partial charge in [0.25, 0.3) is 0 Å². The van der Waals surface area contributed by atoms with Crippen molar-refractivity contribution in [1.82, 2.24) is 9.55 Å². The van der Waals surface area contributed by atoms with Crippen LogP contribution < -0.4 is 0 Å². The van der Waals surface area contributed by atoms with E-state index in [1.165, 1.54) is 5.56 Å². The third-order valence-electron chi connectivity index (χ3n) is 2.71. The van der Waals surface area contributed by atoms with E-state index in [-0.39, 0.29) is 0 Å². The smallest absolute Gasteiger partial charge is 0.0999 e. The first-order valence-corrected chi connectivity index (χ1v) is 5.58. The summed E-state index contributed by atoms with van der Waals surface area (Å²) in [5, 5.41) is 0. The molecule has 0 aliphatic carbocycles. The molecule has 0 bridgehead atoms. The summed E-state index contributed by atoms with van der Waals surface area (Å²) >= 11 is 0. The number of aromatic nitrogens is 2. The molecule has 0 unspecified atom stereocenters. The Morgan fingerprint density at radius 2 is 1.65 bits per heavy atom. The molecule has 0 amide bonds. The van der Waals surface area contributed by atoms with Crippen molar-refractivity contribution in [2.75, 3.05) is 0 Å². The van der Waals surface area contributed by atoms with Gasteiger partial charge in [0.15, 0.2) is 0 Å². The number of para-hydroxylation sites is 2. The summed E-state index contributed by atoms with van der Waals surface area (Å²) in [6.45, 7) is 0. The van der Waals surface area contributed by atoms with Gasteiger partial charge in [0, 0.05) is 6.20 Å². The SMILES string of the molecule is C(=Cn1cnc2ccccc21)c1ccccc1. The summed E-state index contributed by atoms with van der Waals surface area (Å²) in [5.74, 6) is 0. The maximum atomic E-state index is 4.34. The van der Waals surface area contributed by atoms with Crippen LogP contribution in [0.4, 0.5) is 0 Å². The van der Waals surface area contributed by atoms with Crippen LogP contribution in [0.2, 0.25) is 0 Å². The van der Waals surface area contributed by atoms with E-state index < -0.39 is 0 Å². The third-order valence-corrected chi connectivity index (χ3v) is 2.71.